The molecular weight excluding hydrogens is 319 g/mol. The van der Waals surface area contributed by atoms with E-state index in [9.17, 15) is 0 Å². The van der Waals surface area contributed by atoms with Crippen LogP contribution in [-0.2, 0) is 6.54 Å². The Bertz CT molecular complexity index is 287. The zero-order valence-electron chi connectivity index (χ0n) is 8.67. The summed E-state index contributed by atoms with van der Waals surface area (Å²) in [5.74, 6) is 0. The molecular formula is C9H15BrCl2N2S. The highest BCUT2D eigenvalue weighted by Gasteiger charge is 2.10. The van der Waals surface area contributed by atoms with Crippen molar-refractivity contribution in [2.24, 2.45) is 5.73 Å². The summed E-state index contributed by atoms with van der Waals surface area (Å²) in [6, 6.07) is 2.46. The van der Waals surface area contributed by atoms with Crippen molar-refractivity contribution in [1.82, 2.24) is 4.90 Å². The Labute approximate surface area is 114 Å². The number of hydrogen-bond donors (Lipinski definition) is 1. The van der Waals surface area contributed by atoms with Gasteiger partial charge in [-0.05, 0) is 36.0 Å². The Morgan fingerprint density at radius 3 is 2.67 bits per heavy atom. The minimum Gasteiger partial charge on any atom is -0.329 e. The maximum absolute atomic E-state index is 5.95. The first-order valence-electron chi connectivity index (χ1n) is 4.38. The molecule has 0 aromatic carbocycles. The van der Waals surface area contributed by atoms with E-state index >= 15 is 0 Å². The van der Waals surface area contributed by atoms with Gasteiger partial charge >= 0.3 is 0 Å². The van der Waals surface area contributed by atoms with Gasteiger partial charge in [-0.3, -0.25) is 4.90 Å². The topological polar surface area (TPSA) is 29.3 Å². The Hall–Kier alpha value is 0.680. The van der Waals surface area contributed by atoms with Crippen LogP contribution in [0.5, 0.6) is 0 Å². The van der Waals surface area contributed by atoms with Gasteiger partial charge in [0.25, 0.3) is 0 Å². The second-order valence-electron chi connectivity index (χ2n) is 3.33. The number of rotatable bonds is 4. The largest absolute Gasteiger partial charge is 0.329 e. The standard InChI is InChI=1S/C9H14BrClN2S.ClH/c1-6(4-12)13(2)5-7-3-8(10)9(11)14-7;/h3,6H,4-5,12H2,1-2H3;1H. The first kappa shape index (κ1) is 15.7. The van der Waals surface area contributed by atoms with Crippen LogP contribution in [0.1, 0.15) is 11.8 Å². The van der Waals surface area contributed by atoms with E-state index in [0.717, 1.165) is 15.4 Å². The second-order valence-corrected chi connectivity index (χ2v) is 5.93. The van der Waals surface area contributed by atoms with Crippen molar-refractivity contribution in [3.63, 3.8) is 0 Å². The molecule has 2 N–H and O–H groups in total. The van der Waals surface area contributed by atoms with Crippen LogP contribution in [0.4, 0.5) is 0 Å². The Kier molecular flexibility index (Phi) is 7.41. The molecule has 6 heteroatoms. The summed E-state index contributed by atoms with van der Waals surface area (Å²) in [5.41, 5.74) is 5.59. The van der Waals surface area contributed by atoms with E-state index < -0.39 is 0 Å². The molecule has 0 aliphatic rings. The van der Waals surface area contributed by atoms with Gasteiger partial charge in [-0.2, -0.15) is 0 Å². The van der Waals surface area contributed by atoms with Crippen LogP contribution in [0.25, 0.3) is 0 Å². The van der Waals surface area contributed by atoms with Crippen molar-refractivity contribution in [3.05, 3.63) is 19.8 Å². The zero-order chi connectivity index (χ0) is 10.7. The molecule has 2 nitrogen and oxygen atoms in total. The van der Waals surface area contributed by atoms with Gasteiger partial charge in [0.15, 0.2) is 0 Å². The minimum atomic E-state index is 0. The first-order valence-corrected chi connectivity index (χ1v) is 6.37. The molecule has 15 heavy (non-hydrogen) atoms. The van der Waals surface area contributed by atoms with Crippen molar-refractivity contribution in [3.8, 4) is 0 Å². The predicted molar refractivity (Wildman–Crippen MR) is 74.3 cm³/mol. The molecule has 0 saturated carbocycles. The molecule has 0 spiro atoms. The molecule has 88 valence electrons. The van der Waals surface area contributed by atoms with Crippen molar-refractivity contribution < 1.29 is 0 Å². The molecule has 0 radical (unpaired) electrons. The highest BCUT2D eigenvalue weighted by Crippen LogP contribution is 2.32. The maximum Gasteiger partial charge on any atom is 0.107 e. The summed E-state index contributed by atoms with van der Waals surface area (Å²) in [6.07, 6.45) is 0. The van der Waals surface area contributed by atoms with E-state index in [1.54, 1.807) is 11.3 Å². The summed E-state index contributed by atoms with van der Waals surface area (Å²) in [5, 5.41) is 0. The summed E-state index contributed by atoms with van der Waals surface area (Å²) in [6.45, 7) is 3.69. The molecule has 0 aliphatic carbocycles. The van der Waals surface area contributed by atoms with Gasteiger partial charge in [-0.25, -0.2) is 0 Å². The van der Waals surface area contributed by atoms with E-state index in [4.69, 9.17) is 17.3 Å². The van der Waals surface area contributed by atoms with Crippen molar-refractivity contribution >= 4 is 51.3 Å². The van der Waals surface area contributed by atoms with Crippen LogP contribution in [-0.4, -0.2) is 24.5 Å². The molecule has 0 bridgehead atoms. The lowest BCUT2D eigenvalue weighted by atomic mass is 10.3. The summed E-state index contributed by atoms with van der Waals surface area (Å²) >= 11 is 11.0. The lowest BCUT2D eigenvalue weighted by molar-refractivity contribution is 0.257. The van der Waals surface area contributed by atoms with Gasteiger partial charge in [0.1, 0.15) is 4.34 Å². The molecule has 1 rings (SSSR count). The van der Waals surface area contributed by atoms with E-state index in [1.807, 2.05) is 0 Å². The molecule has 1 aromatic heterocycles. The van der Waals surface area contributed by atoms with E-state index in [-0.39, 0.29) is 12.4 Å². The first-order chi connectivity index (χ1) is 6.54. The number of nitrogens with two attached hydrogens (primary N) is 1. The summed E-state index contributed by atoms with van der Waals surface area (Å²) < 4.78 is 1.79. The lowest BCUT2D eigenvalue weighted by Gasteiger charge is -2.22. The average molecular weight is 334 g/mol. The van der Waals surface area contributed by atoms with Crippen molar-refractivity contribution in [1.29, 1.82) is 0 Å². The second kappa shape index (κ2) is 7.09. The molecule has 1 atom stereocenters. The fourth-order valence-electron chi connectivity index (χ4n) is 1.05. The smallest absolute Gasteiger partial charge is 0.107 e. The third-order valence-electron chi connectivity index (χ3n) is 2.19. The molecule has 0 fully saturated rings. The molecule has 0 aliphatic heterocycles. The summed E-state index contributed by atoms with van der Waals surface area (Å²) in [4.78, 5) is 3.47. The molecule has 0 saturated heterocycles. The van der Waals surface area contributed by atoms with Gasteiger partial charge in [0.2, 0.25) is 0 Å². The van der Waals surface area contributed by atoms with E-state index in [1.165, 1.54) is 4.88 Å². The van der Waals surface area contributed by atoms with Gasteiger partial charge in [-0.15, -0.1) is 23.7 Å². The molecule has 1 unspecified atom stereocenters. The van der Waals surface area contributed by atoms with Crippen LogP contribution in [0, 0.1) is 0 Å². The SMILES string of the molecule is CC(CN)N(C)Cc1cc(Br)c(Cl)s1.Cl. The number of likely N-dealkylation sites (N-methyl/N-ethyl adjacent to an activating group) is 1. The van der Waals surface area contributed by atoms with E-state index in [0.29, 0.717) is 12.6 Å². The Balaban J connectivity index is 0.00000196. The molecule has 1 heterocycles. The number of halogens is 3. The van der Waals surface area contributed by atoms with Crippen LogP contribution in [0.15, 0.2) is 10.5 Å². The summed E-state index contributed by atoms with van der Waals surface area (Å²) in [7, 11) is 2.07. The number of nitrogens with zero attached hydrogens (tertiary/aromatic N) is 1. The highest BCUT2D eigenvalue weighted by atomic mass is 79.9. The van der Waals surface area contributed by atoms with Crippen LogP contribution in [0.2, 0.25) is 4.34 Å². The Morgan fingerprint density at radius 2 is 2.27 bits per heavy atom. The lowest BCUT2D eigenvalue weighted by Crippen LogP contribution is -2.34. The van der Waals surface area contributed by atoms with Gasteiger partial charge < -0.3 is 5.73 Å². The van der Waals surface area contributed by atoms with Gasteiger partial charge in [0, 0.05) is 28.5 Å². The zero-order valence-corrected chi connectivity index (χ0v) is 12.6. The fraction of sp³-hybridized carbons (Fsp3) is 0.556. The third-order valence-corrected chi connectivity index (χ3v) is 4.65. The highest BCUT2D eigenvalue weighted by molar-refractivity contribution is 9.10. The average Bonchev–Trinajstić information content (AvgIpc) is 2.44. The quantitative estimate of drug-likeness (QED) is 0.915. The normalized spacial score (nSPS) is 12.7. The number of hydrogen-bond acceptors (Lipinski definition) is 3. The van der Waals surface area contributed by atoms with E-state index in [2.05, 4.69) is 40.9 Å². The predicted octanol–water partition coefficient (Wildman–Crippen LogP) is 3.36. The van der Waals surface area contributed by atoms with Crippen molar-refractivity contribution in [2.45, 2.75) is 19.5 Å². The van der Waals surface area contributed by atoms with Crippen LogP contribution < -0.4 is 5.73 Å². The van der Waals surface area contributed by atoms with Crippen molar-refractivity contribution in [2.75, 3.05) is 13.6 Å². The fourth-order valence-corrected chi connectivity index (χ4v) is 2.90. The van der Waals surface area contributed by atoms with Gasteiger partial charge in [-0.1, -0.05) is 11.6 Å². The minimum absolute atomic E-state index is 0. The van der Waals surface area contributed by atoms with Crippen LogP contribution in [0.3, 0.4) is 0 Å². The third kappa shape index (κ3) is 4.59. The molecule has 0 amide bonds. The number of thiophene rings is 1. The molecule has 1 aromatic rings. The monoisotopic (exact) mass is 332 g/mol. The Morgan fingerprint density at radius 1 is 1.67 bits per heavy atom. The maximum atomic E-state index is 5.95. The van der Waals surface area contributed by atoms with Gasteiger partial charge in [0.05, 0.1) is 0 Å². The van der Waals surface area contributed by atoms with Crippen LogP contribution >= 0.6 is 51.3 Å².